The van der Waals surface area contributed by atoms with Gasteiger partial charge >= 0.3 is 5.97 Å². The summed E-state index contributed by atoms with van der Waals surface area (Å²) in [4.78, 5) is 24.4. The molecule has 0 bridgehead atoms. The van der Waals surface area contributed by atoms with Gasteiger partial charge in [-0.25, -0.2) is 4.79 Å². The van der Waals surface area contributed by atoms with E-state index in [1.165, 1.54) is 4.68 Å². The zero-order chi connectivity index (χ0) is 17.7. The molecule has 0 radical (unpaired) electrons. The number of nitrogens with one attached hydrogen (secondary N) is 1. The van der Waals surface area contributed by atoms with Gasteiger partial charge in [0.05, 0.1) is 25.8 Å². The number of hydrogen-bond donors (Lipinski definition) is 1. The lowest BCUT2D eigenvalue weighted by molar-refractivity contribution is -0.115. The van der Waals surface area contributed by atoms with E-state index in [9.17, 15) is 9.59 Å². The molecular weight excluding hydrogens is 310 g/mol. The molecule has 0 unspecified atom stereocenters. The molecule has 1 N–H and O–H groups in total. The van der Waals surface area contributed by atoms with Crippen LogP contribution in [0.5, 0.6) is 5.75 Å². The number of amides is 1. The van der Waals surface area contributed by atoms with Gasteiger partial charge in [-0.3, -0.25) is 9.48 Å². The Hall–Kier alpha value is -2.83. The maximum atomic E-state index is 12.3. The molecule has 7 heteroatoms. The standard InChI is InChI=1S/C17H21N3O4/c1-5-24-17(22)15-11(2)19-20(3)16(15)18-14(21)10-12-6-8-13(23-4)9-7-12/h6-9H,5,10H2,1-4H3,(H,18,21). The summed E-state index contributed by atoms with van der Waals surface area (Å²) in [6.07, 6.45) is 0.177. The third-order valence-electron chi connectivity index (χ3n) is 3.48. The van der Waals surface area contributed by atoms with Crippen molar-refractivity contribution in [2.75, 3.05) is 19.0 Å². The van der Waals surface area contributed by atoms with Gasteiger partial charge in [0, 0.05) is 7.05 Å². The van der Waals surface area contributed by atoms with E-state index in [1.807, 2.05) is 12.1 Å². The van der Waals surface area contributed by atoms with Crippen LogP contribution in [-0.2, 0) is 23.0 Å². The molecule has 0 aliphatic carbocycles. The highest BCUT2D eigenvalue weighted by atomic mass is 16.5. The number of hydrogen-bond acceptors (Lipinski definition) is 5. The molecule has 1 aromatic heterocycles. The molecule has 0 atom stereocenters. The van der Waals surface area contributed by atoms with Crippen molar-refractivity contribution in [1.29, 1.82) is 0 Å². The lowest BCUT2D eigenvalue weighted by Crippen LogP contribution is -2.19. The number of nitrogens with zero attached hydrogens (tertiary/aromatic N) is 2. The molecule has 0 aliphatic heterocycles. The zero-order valence-electron chi connectivity index (χ0n) is 14.3. The van der Waals surface area contributed by atoms with Crippen molar-refractivity contribution in [3.8, 4) is 5.75 Å². The Morgan fingerprint density at radius 2 is 1.92 bits per heavy atom. The van der Waals surface area contributed by atoms with Crippen molar-refractivity contribution < 1.29 is 19.1 Å². The van der Waals surface area contributed by atoms with Crippen molar-refractivity contribution in [2.24, 2.45) is 7.05 Å². The second-order valence-corrected chi connectivity index (χ2v) is 5.23. The number of carbonyl (C=O) groups excluding carboxylic acids is 2. The first-order valence-corrected chi connectivity index (χ1v) is 7.59. The van der Waals surface area contributed by atoms with Gasteiger partial charge < -0.3 is 14.8 Å². The minimum atomic E-state index is -0.497. The number of ether oxygens (including phenoxy) is 2. The van der Waals surface area contributed by atoms with Crippen molar-refractivity contribution in [2.45, 2.75) is 20.3 Å². The van der Waals surface area contributed by atoms with E-state index >= 15 is 0 Å². The van der Waals surface area contributed by atoms with Crippen molar-refractivity contribution >= 4 is 17.7 Å². The molecule has 1 amide bonds. The van der Waals surface area contributed by atoms with Crippen LogP contribution in [0.4, 0.5) is 5.82 Å². The van der Waals surface area contributed by atoms with E-state index in [0.29, 0.717) is 11.5 Å². The van der Waals surface area contributed by atoms with Gasteiger partial charge in [-0.1, -0.05) is 12.1 Å². The number of benzene rings is 1. The molecule has 1 aromatic carbocycles. The maximum Gasteiger partial charge on any atom is 0.343 e. The van der Waals surface area contributed by atoms with Crippen molar-refractivity contribution in [1.82, 2.24) is 9.78 Å². The Balaban J connectivity index is 2.14. The molecule has 2 rings (SSSR count). The predicted molar refractivity (Wildman–Crippen MR) is 89.2 cm³/mol. The highest BCUT2D eigenvalue weighted by Crippen LogP contribution is 2.20. The third kappa shape index (κ3) is 3.92. The van der Waals surface area contributed by atoms with E-state index in [1.54, 1.807) is 40.1 Å². The number of anilines is 1. The van der Waals surface area contributed by atoms with Gasteiger partial charge in [-0.15, -0.1) is 0 Å². The highest BCUT2D eigenvalue weighted by molar-refractivity contribution is 6.01. The summed E-state index contributed by atoms with van der Waals surface area (Å²) in [5, 5.41) is 6.93. The molecule has 128 valence electrons. The van der Waals surface area contributed by atoms with Gasteiger partial charge in [0.1, 0.15) is 17.1 Å². The van der Waals surface area contributed by atoms with Gasteiger partial charge in [-0.2, -0.15) is 5.10 Å². The fourth-order valence-corrected chi connectivity index (χ4v) is 2.35. The summed E-state index contributed by atoms with van der Waals surface area (Å²) in [5.41, 5.74) is 1.63. The average molecular weight is 331 g/mol. The van der Waals surface area contributed by atoms with Crippen LogP contribution >= 0.6 is 0 Å². The number of carbonyl (C=O) groups is 2. The van der Waals surface area contributed by atoms with Crippen LogP contribution in [0, 0.1) is 6.92 Å². The highest BCUT2D eigenvalue weighted by Gasteiger charge is 2.22. The second kappa shape index (κ2) is 7.63. The summed E-state index contributed by atoms with van der Waals surface area (Å²) in [7, 11) is 3.25. The summed E-state index contributed by atoms with van der Waals surface area (Å²) < 4.78 is 11.6. The molecule has 24 heavy (non-hydrogen) atoms. The Labute approximate surface area is 140 Å². The van der Waals surface area contributed by atoms with Gasteiger partial charge in [0.15, 0.2) is 0 Å². The van der Waals surface area contributed by atoms with E-state index in [4.69, 9.17) is 9.47 Å². The van der Waals surface area contributed by atoms with Crippen LogP contribution in [0.25, 0.3) is 0 Å². The molecule has 0 aliphatic rings. The number of esters is 1. The summed E-state index contributed by atoms with van der Waals surface area (Å²) in [6, 6.07) is 7.22. The summed E-state index contributed by atoms with van der Waals surface area (Å²) in [6.45, 7) is 3.68. The number of aryl methyl sites for hydroxylation is 2. The minimum absolute atomic E-state index is 0.177. The fraction of sp³-hybridized carbons (Fsp3) is 0.353. The molecule has 1 heterocycles. The molecule has 0 saturated carbocycles. The van der Waals surface area contributed by atoms with Crippen LogP contribution in [-0.4, -0.2) is 35.4 Å². The van der Waals surface area contributed by atoms with Crippen molar-refractivity contribution in [3.63, 3.8) is 0 Å². The normalized spacial score (nSPS) is 10.3. The van der Waals surface area contributed by atoms with E-state index in [0.717, 1.165) is 11.3 Å². The van der Waals surface area contributed by atoms with Crippen LogP contribution in [0.15, 0.2) is 24.3 Å². The first kappa shape index (κ1) is 17.5. The monoisotopic (exact) mass is 331 g/mol. The smallest absolute Gasteiger partial charge is 0.343 e. The Morgan fingerprint density at radius 1 is 1.25 bits per heavy atom. The molecule has 0 fully saturated rings. The van der Waals surface area contributed by atoms with Crippen LogP contribution in [0.3, 0.4) is 0 Å². The third-order valence-corrected chi connectivity index (χ3v) is 3.48. The summed E-state index contributed by atoms with van der Waals surface area (Å²) >= 11 is 0. The Morgan fingerprint density at radius 3 is 2.50 bits per heavy atom. The van der Waals surface area contributed by atoms with Crippen LogP contribution in [0.2, 0.25) is 0 Å². The van der Waals surface area contributed by atoms with Crippen molar-refractivity contribution in [3.05, 3.63) is 41.1 Å². The quantitative estimate of drug-likeness (QED) is 0.820. The lowest BCUT2D eigenvalue weighted by Gasteiger charge is -2.09. The first-order valence-electron chi connectivity index (χ1n) is 7.59. The topological polar surface area (TPSA) is 82.5 Å². The second-order valence-electron chi connectivity index (χ2n) is 5.23. The fourth-order valence-electron chi connectivity index (χ4n) is 2.35. The zero-order valence-corrected chi connectivity index (χ0v) is 14.3. The van der Waals surface area contributed by atoms with Gasteiger partial charge in [0.25, 0.3) is 0 Å². The lowest BCUT2D eigenvalue weighted by atomic mass is 10.1. The molecule has 7 nitrogen and oxygen atoms in total. The van der Waals surface area contributed by atoms with Gasteiger partial charge in [0.2, 0.25) is 5.91 Å². The van der Waals surface area contributed by atoms with E-state index in [2.05, 4.69) is 10.4 Å². The van der Waals surface area contributed by atoms with Crippen LogP contribution in [0.1, 0.15) is 28.5 Å². The first-order chi connectivity index (χ1) is 11.5. The summed E-state index contributed by atoms with van der Waals surface area (Å²) in [5.74, 6) is 0.326. The van der Waals surface area contributed by atoms with Gasteiger partial charge in [-0.05, 0) is 31.5 Å². The number of rotatable bonds is 6. The molecular formula is C17H21N3O4. The van der Waals surface area contributed by atoms with E-state index in [-0.39, 0.29) is 24.5 Å². The molecule has 2 aromatic rings. The predicted octanol–water partition coefficient (Wildman–Crippen LogP) is 2.10. The average Bonchev–Trinajstić information content (AvgIpc) is 2.82. The number of methoxy groups -OCH3 is 1. The number of aromatic nitrogens is 2. The largest absolute Gasteiger partial charge is 0.497 e. The molecule has 0 spiro atoms. The van der Waals surface area contributed by atoms with Crippen LogP contribution < -0.4 is 10.1 Å². The molecule has 0 saturated heterocycles. The minimum Gasteiger partial charge on any atom is -0.497 e. The maximum absolute atomic E-state index is 12.3. The SMILES string of the molecule is CCOC(=O)c1c(C)nn(C)c1NC(=O)Cc1ccc(OC)cc1. The Kier molecular flexibility index (Phi) is 5.57. The Bertz CT molecular complexity index is 735. The van der Waals surface area contributed by atoms with E-state index < -0.39 is 5.97 Å².